The van der Waals surface area contributed by atoms with Gasteiger partial charge in [0.15, 0.2) is 0 Å². The second-order valence-electron chi connectivity index (χ2n) is 4.00. The summed E-state index contributed by atoms with van der Waals surface area (Å²) in [6.07, 6.45) is 0. The molecule has 0 aromatic heterocycles. The van der Waals surface area contributed by atoms with Gasteiger partial charge in [0.1, 0.15) is 17.4 Å². The minimum absolute atomic E-state index is 0.100. The number of amides is 1. The van der Waals surface area contributed by atoms with Crippen LogP contribution in [0.15, 0.2) is 36.4 Å². The molecule has 7 heteroatoms. The van der Waals surface area contributed by atoms with E-state index >= 15 is 0 Å². The van der Waals surface area contributed by atoms with Crippen LogP contribution in [-0.2, 0) is 4.79 Å². The van der Waals surface area contributed by atoms with Crippen molar-refractivity contribution in [3.63, 3.8) is 0 Å². The second-order valence-corrected chi connectivity index (χ2v) is 5.49. The molecule has 0 aliphatic rings. The number of rotatable bonds is 4. The first-order valence-corrected chi connectivity index (χ1v) is 7.44. The highest BCUT2D eigenvalue weighted by molar-refractivity contribution is 6.43. The maximum absolute atomic E-state index is 11.2. The van der Waals surface area contributed by atoms with Crippen LogP contribution >= 0.6 is 46.4 Å². The summed E-state index contributed by atoms with van der Waals surface area (Å²) in [5.41, 5.74) is 0.619. The summed E-state index contributed by atoms with van der Waals surface area (Å²) in [7, 11) is 0. The molecule has 21 heavy (non-hydrogen) atoms. The first kappa shape index (κ1) is 16.2. The Hall–Kier alpha value is -1.13. The van der Waals surface area contributed by atoms with E-state index in [0.29, 0.717) is 32.3 Å². The van der Waals surface area contributed by atoms with Gasteiger partial charge in [0.2, 0.25) is 5.91 Å². The van der Waals surface area contributed by atoms with E-state index in [1.807, 2.05) is 0 Å². The number of anilines is 1. The predicted molar refractivity (Wildman–Crippen MR) is 87.3 cm³/mol. The van der Waals surface area contributed by atoms with Gasteiger partial charge in [0, 0.05) is 11.8 Å². The van der Waals surface area contributed by atoms with E-state index in [1.54, 1.807) is 24.3 Å². The second kappa shape index (κ2) is 7.23. The molecular formula is C14H9Cl4NO2. The van der Waals surface area contributed by atoms with Crippen molar-refractivity contribution in [2.24, 2.45) is 0 Å². The summed E-state index contributed by atoms with van der Waals surface area (Å²) < 4.78 is 5.62. The zero-order chi connectivity index (χ0) is 15.4. The summed E-state index contributed by atoms with van der Waals surface area (Å²) in [5.74, 6) is 0.553. The third kappa shape index (κ3) is 4.42. The largest absolute Gasteiger partial charge is 0.456 e. The lowest BCUT2D eigenvalue weighted by Crippen LogP contribution is -2.12. The molecule has 0 radical (unpaired) electrons. The van der Waals surface area contributed by atoms with Gasteiger partial charge in [-0.05, 0) is 30.3 Å². The molecule has 0 atom stereocenters. The monoisotopic (exact) mass is 363 g/mol. The lowest BCUT2D eigenvalue weighted by atomic mass is 10.3. The quantitative estimate of drug-likeness (QED) is 0.565. The molecule has 0 spiro atoms. The summed E-state index contributed by atoms with van der Waals surface area (Å²) in [4.78, 5) is 11.2. The molecule has 1 N–H and O–H groups in total. The minimum atomic E-state index is -0.280. The van der Waals surface area contributed by atoms with Crippen molar-refractivity contribution in [3.05, 3.63) is 51.5 Å². The molecule has 0 bridgehead atoms. The number of benzene rings is 2. The van der Waals surface area contributed by atoms with Crippen molar-refractivity contribution in [2.45, 2.75) is 0 Å². The molecule has 3 nitrogen and oxygen atoms in total. The van der Waals surface area contributed by atoms with Gasteiger partial charge in [-0.1, -0.05) is 34.8 Å². The van der Waals surface area contributed by atoms with Crippen LogP contribution in [0.1, 0.15) is 0 Å². The SMILES string of the molecule is O=C(CCl)Nc1ccc(Oc2cc(Cl)c(Cl)cc2Cl)cc1. The zero-order valence-corrected chi connectivity index (χ0v) is 13.5. The lowest BCUT2D eigenvalue weighted by Gasteiger charge is -2.10. The summed E-state index contributed by atoms with van der Waals surface area (Å²) in [5, 5.41) is 3.67. The Kier molecular flexibility index (Phi) is 5.59. The minimum Gasteiger partial charge on any atom is -0.456 e. The standard InChI is InChI=1S/C14H9Cl4NO2/c15-7-14(20)19-8-1-3-9(4-2-8)21-13-6-11(17)10(16)5-12(13)18/h1-6H,7H2,(H,19,20). The van der Waals surface area contributed by atoms with E-state index in [-0.39, 0.29) is 11.8 Å². The predicted octanol–water partition coefficient (Wildman–Crippen LogP) is 5.62. The summed E-state index contributed by atoms with van der Waals surface area (Å²) >= 11 is 23.2. The molecule has 0 heterocycles. The zero-order valence-electron chi connectivity index (χ0n) is 10.5. The van der Waals surface area contributed by atoms with Gasteiger partial charge in [-0.15, -0.1) is 11.6 Å². The molecule has 110 valence electrons. The average molecular weight is 365 g/mol. The highest BCUT2D eigenvalue weighted by Gasteiger charge is 2.08. The molecule has 2 rings (SSSR count). The third-order valence-corrected chi connectivity index (χ3v) is 3.72. The summed E-state index contributed by atoms with van der Waals surface area (Å²) in [6, 6.07) is 9.78. The van der Waals surface area contributed by atoms with E-state index in [4.69, 9.17) is 51.1 Å². The number of hydrogen-bond acceptors (Lipinski definition) is 2. The molecule has 2 aromatic rings. The Labute approximate surface area is 141 Å². The number of alkyl halides is 1. The fraction of sp³-hybridized carbons (Fsp3) is 0.0714. The van der Waals surface area contributed by atoms with Gasteiger partial charge in [0.05, 0.1) is 15.1 Å². The van der Waals surface area contributed by atoms with Gasteiger partial charge in [-0.3, -0.25) is 4.79 Å². The lowest BCUT2D eigenvalue weighted by molar-refractivity contribution is -0.113. The highest BCUT2D eigenvalue weighted by atomic mass is 35.5. The Morgan fingerprint density at radius 1 is 1.00 bits per heavy atom. The van der Waals surface area contributed by atoms with E-state index < -0.39 is 0 Å². The molecule has 0 saturated carbocycles. The van der Waals surface area contributed by atoms with Gasteiger partial charge in [-0.25, -0.2) is 0 Å². The Balaban J connectivity index is 2.13. The maximum atomic E-state index is 11.2. The Bertz CT molecular complexity index is 659. The molecule has 0 fully saturated rings. The fourth-order valence-corrected chi connectivity index (χ4v) is 2.15. The number of carbonyl (C=O) groups excluding carboxylic acids is 1. The van der Waals surface area contributed by atoms with Gasteiger partial charge < -0.3 is 10.1 Å². The Morgan fingerprint density at radius 2 is 1.62 bits per heavy atom. The highest BCUT2D eigenvalue weighted by Crippen LogP contribution is 2.36. The van der Waals surface area contributed by atoms with Crippen molar-refractivity contribution in [1.29, 1.82) is 0 Å². The van der Waals surface area contributed by atoms with Crippen LogP contribution in [0, 0.1) is 0 Å². The maximum Gasteiger partial charge on any atom is 0.239 e. The van der Waals surface area contributed by atoms with Crippen molar-refractivity contribution >= 4 is 58.0 Å². The average Bonchev–Trinajstić information content (AvgIpc) is 2.46. The number of nitrogens with one attached hydrogen (secondary N) is 1. The van der Waals surface area contributed by atoms with Gasteiger partial charge in [0.25, 0.3) is 0 Å². The number of hydrogen-bond donors (Lipinski definition) is 1. The molecule has 0 aliphatic heterocycles. The number of carbonyl (C=O) groups is 1. The summed E-state index contributed by atoms with van der Waals surface area (Å²) in [6.45, 7) is 0. The van der Waals surface area contributed by atoms with Crippen LogP contribution < -0.4 is 10.1 Å². The molecule has 2 aromatic carbocycles. The van der Waals surface area contributed by atoms with Crippen molar-refractivity contribution in [3.8, 4) is 11.5 Å². The topological polar surface area (TPSA) is 38.3 Å². The molecule has 1 amide bonds. The normalized spacial score (nSPS) is 10.3. The fourth-order valence-electron chi connectivity index (χ4n) is 1.51. The number of ether oxygens (including phenoxy) is 1. The van der Waals surface area contributed by atoms with E-state index in [0.717, 1.165) is 0 Å². The van der Waals surface area contributed by atoms with Crippen LogP contribution in [0.3, 0.4) is 0 Å². The van der Waals surface area contributed by atoms with Crippen LogP contribution in [0.4, 0.5) is 5.69 Å². The molecular weight excluding hydrogens is 356 g/mol. The van der Waals surface area contributed by atoms with E-state index in [9.17, 15) is 4.79 Å². The van der Waals surface area contributed by atoms with E-state index in [2.05, 4.69) is 5.32 Å². The van der Waals surface area contributed by atoms with Crippen LogP contribution in [0.5, 0.6) is 11.5 Å². The molecule has 0 aliphatic carbocycles. The molecule has 0 unspecified atom stereocenters. The van der Waals surface area contributed by atoms with E-state index in [1.165, 1.54) is 12.1 Å². The van der Waals surface area contributed by atoms with Gasteiger partial charge in [-0.2, -0.15) is 0 Å². The third-order valence-electron chi connectivity index (χ3n) is 2.46. The number of halogens is 4. The van der Waals surface area contributed by atoms with Crippen molar-refractivity contribution < 1.29 is 9.53 Å². The van der Waals surface area contributed by atoms with Gasteiger partial charge >= 0.3 is 0 Å². The van der Waals surface area contributed by atoms with Crippen molar-refractivity contribution in [2.75, 3.05) is 11.2 Å². The van der Waals surface area contributed by atoms with Crippen LogP contribution in [0.25, 0.3) is 0 Å². The van der Waals surface area contributed by atoms with Crippen molar-refractivity contribution in [1.82, 2.24) is 0 Å². The molecule has 0 saturated heterocycles. The van der Waals surface area contributed by atoms with Crippen LogP contribution in [0.2, 0.25) is 15.1 Å². The van der Waals surface area contributed by atoms with Crippen LogP contribution in [-0.4, -0.2) is 11.8 Å². The first-order chi connectivity index (χ1) is 9.99. The first-order valence-electron chi connectivity index (χ1n) is 5.78. The Morgan fingerprint density at radius 3 is 2.24 bits per heavy atom. The smallest absolute Gasteiger partial charge is 0.239 e.